The Kier molecular flexibility index (Phi) is 9.25. The lowest BCUT2D eigenvalue weighted by molar-refractivity contribution is 0.0429. The molecular formula is C37H39N5O8S. The molecule has 51 heavy (non-hydrogen) atoms. The first-order valence-corrected chi connectivity index (χ1v) is 17.7. The summed E-state index contributed by atoms with van der Waals surface area (Å²) in [7, 11) is -3.79. The Hall–Kier alpha value is -5.47. The average molecular weight is 714 g/mol. The number of imide groups is 1. The topological polar surface area (TPSA) is 151 Å². The molecule has 2 amide bonds. The number of carbonyl (C=O) groups excluding carboxylic acids is 2. The number of nitrogens with one attached hydrogen (secondary N) is 1. The number of hydrogen-bond donors (Lipinski definition) is 1. The molecule has 3 aromatic carbocycles. The summed E-state index contributed by atoms with van der Waals surface area (Å²) in [6, 6.07) is 21.8. The van der Waals surface area contributed by atoms with Crippen molar-refractivity contribution in [3.63, 3.8) is 0 Å². The highest BCUT2D eigenvalue weighted by molar-refractivity contribution is 7.92. The number of carbonyl (C=O) groups is 2. The molecule has 14 heteroatoms. The van der Waals surface area contributed by atoms with Crippen molar-refractivity contribution in [2.75, 3.05) is 9.62 Å². The first-order chi connectivity index (χ1) is 24.0. The smallest absolute Gasteiger partial charge is 0.425 e. The average Bonchev–Trinajstić information content (AvgIpc) is 3.58. The molecule has 0 bridgehead atoms. The first kappa shape index (κ1) is 35.4. The van der Waals surface area contributed by atoms with Gasteiger partial charge < -0.3 is 23.5 Å². The van der Waals surface area contributed by atoms with E-state index in [1.807, 2.05) is 23.6 Å². The summed E-state index contributed by atoms with van der Waals surface area (Å²) >= 11 is 0. The van der Waals surface area contributed by atoms with E-state index in [1.54, 1.807) is 96.1 Å². The molecule has 5 aromatic rings. The second-order valence-corrected chi connectivity index (χ2v) is 15.6. The minimum Gasteiger partial charge on any atom is -0.457 e. The van der Waals surface area contributed by atoms with Gasteiger partial charge in [0.05, 0.1) is 29.0 Å². The fourth-order valence-electron chi connectivity index (χ4n) is 5.57. The van der Waals surface area contributed by atoms with Gasteiger partial charge in [0, 0.05) is 17.3 Å². The number of sulfonamides is 1. The normalized spacial score (nSPS) is 14.5. The van der Waals surface area contributed by atoms with Crippen LogP contribution in [-0.4, -0.2) is 46.3 Å². The highest BCUT2D eigenvalue weighted by atomic mass is 32.2. The Balaban J connectivity index is 1.37. The van der Waals surface area contributed by atoms with Crippen molar-refractivity contribution < 1.29 is 37.0 Å². The van der Waals surface area contributed by atoms with Gasteiger partial charge in [0.2, 0.25) is 0 Å². The maximum absolute atomic E-state index is 13.7. The van der Waals surface area contributed by atoms with Crippen LogP contribution in [0, 0.1) is 0 Å². The molecule has 0 saturated carbocycles. The van der Waals surface area contributed by atoms with Crippen molar-refractivity contribution >= 4 is 44.7 Å². The van der Waals surface area contributed by atoms with Crippen molar-refractivity contribution in [2.45, 2.75) is 77.3 Å². The van der Waals surface area contributed by atoms with Crippen LogP contribution in [-0.2, 0) is 30.8 Å². The largest absolute Gasteiger partial charge is 0.457 e. The maximum atomic E-state index is 13.7. The first-order valence-electron chi connectivity index (χ1n) is 16.2. The number of benzene rings is 3. The van der Waals surface area contributed by atoms with E-state index in [-0.39, 0.29) is 23.4 Å². The Morgan fingerprint density at radius 3 is 2.14 bits per heavy atom. The summed E-state index contributed by atoms with van der Waals surface area (Å²) in [4.78, 5) is 37.3. The van der Waals surface area contributed by atoms with E-state index >= 15 is 0 Å². The Bertz CT molecular complexity index is 2180. The lowest BCUT2D eigenvalue weighted by atomic mass is 10.1. The number of aromatic nitrogens is 3. The molecule has 2 aromatic heterocycles. The quantitative estimate of drug-likeness (QED) is 0.174. The SMILES string of the molecule is CC1OCc2c1c1ncnc(N(C(=O)OC(C)(C)C)C(=O)OC(C)(C)C)c1n2-c1ccc(Oc2cccc(NS(=O)(=O)c3ccccc3)c2)cc1. The van der Waals surface area contributed by atoms with Gasteiger partial charge in [0.1, 0.15) is 40.1 Å². The van der Waals surface area contributed by atoms with E-state index in [9.17, 15) is 18.0 Å². The molecule has 1 unspecified atom stereocenters. The van der Waals surface area contributed by atoms with Gasteiger partial charge in [0.15, 0.2) is 5.82 Å². The van der Waals surface area contributed by atoms with Gasteiger partial charge in [-0.15, -0.1) is 0 Å². The van der Waals surface area contributed by atoms with Crippen molar-refractivity contribution in [3.05, 3.63) is 96.4 Å². The van der Waals surface area contributed by atoms with E-state index < -0.39 is 33.4 Å². The molecule has 1 N–H and O–H groups in total. The Morgan fingerprint density at radius 2 is 1.51 bits per heavy atom. The minimum atomic E-state index is -3.79. The van der Waals surface area contributed by atoms with Gasteiger partial charge in [0.25, 0.3) is 10.0 Å². The third-order valence-electron chi connectivity index (χ3n) is 7.57. The van der Waals surface area contributed by atoms with Gasteiger partial charge >= 0.3 is 12.2 Å². The molecule has 0 radical (unpaired) electrons. The molecule has 0 aliphatic carbocycles. The van der Waals surface area contributed by atoms with Crippen molar-refractivity contribution in [1.82, 2.24) is 14.5 Å². The number of rotatable bonds is 7. The molecule has 13 nitrogen and oxygen atoms in total. The van der Waals surface area contributed by atoms with Gasteiger partial charge in [-0.3, -0.25) is 4.72 Å². The van der Waals surface area contributed by atoms with Gasteiger partial charge in [-0.2, -0.15) is 4.90 Å². The standard InChI is InChI=1S/C37H39N5O8S/c1-23-30-29(21-47-23)41(32-31(30)38-22-39-33(32)42(34(43)49-36(2,3)4)35(44)50-37(5,6)7)25-16-18-26(19-17-25)48-27-13-11-12-24(20-27)40-51(45,46)28-14-9-8-10-15-28/h8-20,22-23,40H,21H2,1-7H3. The number of fused-ring (bicyclic) bond motifs is 3. The lowest BCUT2D eigenvalue weighted by Gasteiger charge is -2.28. The molecule has 1 aliphatic rings. The van der Waals surface area contributed by atoms with Crippen LogP contribution >= 0.6 is 0 Å². The third kappa shape index (κ3) is 7.66. The summed E-state index contributed by atoms with van der Waals surface area (Å²) in [5.74, 6) is 0.868. The highest BCUT2D eigenvalue weighted by Gasteiger charge is 2.38. The zero-order valence-corrected chi connectivity index (χ0v) is 30.1. The van der Waals surface area contributed by atoms with Gasteiger partial charge in [-0.25, -0.2) is 28.0 Å². The zero-order valence-electron chi connectivity index (χ0n) is 29.3. The molecule has 266 valence electrons. The van der Waals surface area contributed by atoms with E-state index in [4.69, 9.17) is 18.9 Å². The fraction of sp³-hybridized carbons (Fsp3) is 0.297. The highest BCUT2D eigenvalue weighted by Crippen LogP contribution is 2.42. The van der Waals surface area contributed by atoms with Gasteiger partial charge in [-0.05, 0) is 97.0 Å². The van der Waals surface area contributed by atoms with Crippen LogP contribution < -0.4 is 14.4 Å². The molecule has 6 rings (SSSR count). The van der Waals surface area contributed by atoms with Crippen molar-refractivity contribution in [2.24, 2.45) is 0 Å². The predicted octanol–water partition coefficient (Wildman–Crippen LogP) is 8.28. The molecule has 0 fully saturated rings. The molecule has 1 aliphatic heterocycles. The van der Waals surface area contributed by atoms with Crippen molar-refractivity contribution in [1.29, 1.82) is 0 Å². The van der Waals surface area contributed by atoms with Crippen LogP contribution in [0.1, 0.15) is 65.8 Å². The summed E-state index contributed by atoms with van der Waals surface area (Å²) < 4.78 is 53.5. The van der Waals surface area contributed by atoms with Crippen molar-refractivity contribution in [3.8, 4) is 17.2 Å². The Labute approximate surface area is 296 Å². The summed E-state index contributed by atoms with van der Waals surface area (Å²) in [6.45, 7) is 12.4. The maximum Gasteiger partial charge on any atom is 0.425 e. The molecule has 1 atom stereocenters. The second kappa shape index (κ2) is 13.3. The fourth-order valence-corrected chi connectivity index (χ4v) is 6.64. The van der Waals surface area contributed by atoms with E-state index in [1.165, 1.54) is 18.5 Å². The monoisotopic (exact) mass is 713 g/mol. The number of hydrogen-bond acceptors (Lipinski definition) is 10. The second-order valence-electron chi connectivity index (χ2n) is 13.9. The number of nitrogens with zero attached hydrogens (tertiary/aromatic N) is 4. The lowest BCUT2D eigenvalue weighted by Crippen LogP contribution is -2.44. The molecule has 0 saturated heterocycles. The van der Waals surface area contributed by atoms with Gasteiger partial charge in [-0.1, -0.05) is 24.3 Å². The number of anilines is 2. The predicted molar refractivity (Wildman–Crippen MR) is 191 cm³/mol. The molecule has 3 heterocycles. The van der Waals surface area contributed by atoms with Crippen LogP contribution in [0.15, 0.2) is 90.1 Å². The summed E-state index contributed by atoms with van der Waals surface area (Å²) in [5, 5.41) is 0. The third-order valence-corrected chi connectivity index (χ3v) is 8.97. The molecular weight excluding hydrogens is 675 g/mol. The number of amides is 2. The van der Waals surface area contributed by atoms with E-state index in [2.05, 4.69) is 14.7 Å². The van der Waals surface area contributed by atoms with E-state index in [0.29, 0.717) is 33.9 Å². The molecule has 0 spiro atoms. The summed E-state index contributed by atoms with van der Waals surface area (Å²) in [6.07, 6.45) is -0.936. The van der Waals surface area contributed by atoms with Crippen LogP contribution in [0.4, 0.5) is 21.1 Å². The minimum absolute atomic E-state index is 0.0137. The van der Waals surface area contributed by atoms with E-state index in [0.717, 1.165) is 16.2 Å². The van der Waals surface area contributed by atoms with Crippen LogP contribution in [0.2, 0.25) is 0 Å². The van der Waals surface area contributed by atoms with Crippen LogP contribution in [0.25, 0.3) is 16.7 Å². The summed E-state index contributed by atoms with van der Waals surface area (Å²) in [5.41, 5.74) is 1.63. The zero-order chi connectivity index (χ0) is 36.7. The van der Waals surface area contributed by atoms with Crippen LogP contribution in [0.5, 0.6) is 11.5 Å². The van der Waals surface area contributed by atoms with Crippen LogP contribution in [0.3, 0.4) is 0 Å². The Morgan fingerprint density at radius 1 is 0.863 bits per heavy atom. The number of ether oxygens (including phenoxy) is 4.